The number of hydrogen-bond donors (Lipinski definition) is 1. The zero-order valence-electron chi connectivity index (χ0n) is 15.1. The molecular formula is C22H16N4O2. The zero-order chi connectivity index (χ0) is 19.7. The van der Waals surface area contributed by atoms with Crippen LogP contribution in [0, 0.1) is 11.3 Å². The molecule has 28 heavy (non-hydrogen) atoms. The third-order valence-electron chi connectivity index (χ3n) is 4.61. The molecule has 0 saturated carbocycles. The number of ether oxygens (including phenoxy) is 1. The molecule has 0 radical (unpaired) electrons. The number of pyridine rings is 1. The first kappa shape index (κ1) is 17.3. The number of nitrogens with zero attached hydrogens (tertiary/aromatic N) is 3. The van der Waals surface area contributed by atoms with Crippen LogP contribution >= 0.6 is 0 Å². The first-order valence-corrected chi connectivity index (χ1v) is 8.57. The average molecular weight is 368 g/mol. The molecule has 0 aliphatic rings. The lowest BCUT2D eigenvalue weighted by Crippen LogP contribution is -2.11. The minimum Gasteiger partial charge on any atom is -0.464 e. The second-order valence-electron chi connectivity index (χ2n) is 6.24. The Morgan fingerprint density at radius 3 is 2.61 bits per heavy atom. The van der Waals surface area contributed by atoms with Crippen molar-refractivity contribution in [3.8, 4) is 22.9 Å². The van der Waals surface area contributed by atoms with Crippen molar-refractivity contribution in [1.29, 1.82) is 5.26 Å². The van der Waals surface area contributed by atoms with E-state index in [1.165, 1.54) is 13.3 Å². The van der Waals surface area contributed by atoms with E-state index in [2.05, 4.69) is 11.1 Å². The van der Waals surface area contributed by atoms with Crippen LogP contribution < -0.4 is 5.73 Å². The maximum absolute atomic E-state index is 12.1. The Hall–Kier alpha value is -4.11. The van der Waals surface area contributed by atoms with Gasteiger partial charge in [-0.05, 0) is 29.8 Å². The fourth-order valence-corrected chi connectivity index (χ4v) is 3.16. The Balaban J connectivity index is 1.76. The van der Waals surface area contributed by atoms with Gasteiger partial charge in [0.1, 0.15) is 6.07 Å². The van der Waals surface area contributed by atoms with Gasteiger partial charge in [0.25, 0.3) is 0 Å². The summed E-state index contributed by atoms with van der Waals surface area (Å²) in [5.41, 5.74) is 10.0. The average Bonchev–Trinajstić information content (AvgIpc) is 3.09. The lowest BCUT2D eigenvalue weighted by molar-refractivity contribution is 0.0593. The summed E-state index contributed by atoms with van der Waals surface area (Å²) in [6.07, 6.45) is 3.37. The summed E-state index contributed by atoms with van der Waals surface area (Å²) in [6.45, 7) is 0. The first-order valence-electron chi connectivity index (χ1n) is 8.57. The van der Waals surface area contributed by atoms with E-state index in [0.29, 0.717) is 5.69 Å². The molecule has 6 nitrogen and oxygen atoms in total. The minimum atomic E-state index is -0.596. The quantitative estimate of drug-likeness (QED) is 0.553. The summed E-state index contributed by atoms with van der Waals surface area (Å²) in [4.78, 5) is 16.6. The molecule has 0 aliphatic heterocycles. The predicted molar refractivity (Wildman–Crippen MR) is 107 cm³/mol. The highest BCUT2D eigenvalue weighted by Gasteiger charge is 2.21. The van der Waals surface area contributed by atoms with Crippen molar-refractivity contribution in [1.82, 2.24) is 9.55 Å². The van der Waals surface area contributed by atoms with Gasteiger partial charge in [-0.3, -0.25) is 4.98 Å². The summed E-state index contributed by atoms with van der Waals surface area (Å²) < 4.78 is 6.39. The van der Waals surface area contributed by atoms with E-state index < -0.39 is 5.97 Å². The summed E-state index contributed by atoms with van der Waals surface area (Å²) in [5.74, 6) is -0.596. The molecule has 0 saturated heterocycles. The highest BCUT2D eigenvalue weighted by Crippen LogP contribution is 2.27. The molecule has 0 fully saturated rings. The smallest absolute Gasteiger partial charge is 0.357 e. The molecule has 6 heteroatoms. The maximum Gasteiger partial charge on any atom is 0.357 e. The van der Waals surface area contributed by atoms with E-state index in [-0.39, 0.29) is 16.9 Å². The lowest BCUT2D eigenvalue weighted by Gasteiger charge is -2.10. The van der Waals surface area contributed by atoms with Crippen LogP contribution in [0.3, 0.4) is 0 Å². The van der Waals surface area contributed by atoms with Crippen LogP contribution in [0.5, 0.6) is 0 Å². The van der Waals surface area contributed by atoms with Crippen molar-refractivity contribution in [2.45, 2.75) is 0 Å². The minimum absolute atomic E-state index is 0.108. The number of carbonyl (C=O) groups is 1. The van der Waals surface area contributed by atoms with Gasteiger partial charge in [0, 0.05) is 29.0 Å². The van der Waals surface area contributed by atoms with Crippen molar-refractivity contribution >= 4 is 22.6 Å². The number of nitriles is 1. The molecule has 0 atom stereocenters. The van der Waals surface area contributed by atoms with Crippen LogP contribution in [0.1, 0.15) is 16.1 Å². The van der Waals surface area contributed by atoms with Gasteiger partial charge >= 0.3 is 5.97 Å². The van der Waals surface area contributed by atoms with Crippen LogP contribution in [0.25, 0.3) is 27.7 Å². The number of nitrogens with two attached hydrogens (primary N) is 1. The normalized spacial score (nSPS) is 10.6. The Kier molecular flexibility index (Phi) is 4.26. The van der Waals surface area contributed by atoms with Gasteiger partial charge in [0.2, 0.25) is 0 Å². The van der Waals surface area contributed by atoms with Crippen LogP contribution in [0.4, 0.5) is 5.69 Å². The van der Waals surface area contributed by atoms with E-state index in [0.717, 1.165) is 22.0 Å². The van der Waals surface area contributed by atoms with Crippen molar-refractivity contribution in [2.24, 2.45) is 0 Å². The van der Waals surface area contributed by atoms with Gasteiger partial charge in [-0.15, -0.1) is 0 Å². The van der Waals surface area contributed by atoms with Crippen LogP contribution in [-0.4, -0.2) is 22.6 Å². The molecule has 0 aliphatic carbocycles. The Morgan fingerprint density at radius 2 is 1.89 bits per heavy atom. The second kappa shape index (κ2) is 6.89. The van der Waals surface area contributed by atoms with E-state index >= 15 is 0 Å². The van der Waals surface area contributed by atoms with Crippen LogP contribution in [-0.2, 0) is 4.74 Å². The van der Waals surface area contributed by atoms with Crippen molar-refractivity contribution in [3.63, 3.8) is 0 Å². The number of rotatable bonds is 3. The number of esters is 1. The number of para-hydroxylation sites is 1. The number of aromatic nitrogens is 2. The summed E-state index contributed by atoms with van der Waals surface area (Å²) in [6, 6.07) is 19.6. The lowest BCUT2D eigenvalue weighted by atomic mass is 10.1. The van der Waals surface area contributed by atoms with Gasteiger partial charge < -0.3 is 15.0 Å². The molecule has 0 bridgehead atoms. The third-order valence-corrected chi connectivity index (χ3v) is 4.61. The molecule has 136 valence electrons. The summed E-state index contributed by atoms with van der Waals surface area (Å²) >= 11 is 0. The van der Waals surface area contributed by atoms with Crippen LogP contribution in [0.15, 0.2) is 67.0 Å². The molecule has 2 aromatic carbocycles. The zero-order valence-corrected chi connectivity index (χ0v) is 15.1. The molecule has 2 N–H and O–H groups in total. The number of anilines is 1. The third kappa shape index (κ3) is 2.85. The van der Waals surface area contributed by atoms with Gasteiger partial charge in [-0.2, -0.15) is 5.26 Å². The van der Waals surface area contributed by atoms with E-state index in [9.17, 15) is 10.1 Å². The SMILES string of the molecule is COC(=O)c1c(N)c(C#N)cn1-c1ccc(-c2cnc3ccccc3c2)cc1. The maximum atomic E-state index is 12.1. The van der Waals surface area contributed by atoms with Gasteiger partial charge in [-0.25, -0.2) is 4.79 Å². The van der Waals surface area contributed by atoms with Crippen LogP contribution in [0.2, 0.25) is 0 Å². The number of nitrogen functional groups attached to an aromatic ring is 1. The topological polar surface area (TPSA) is 93.9 Å². The number of fused-ring (bicyclic) bond motifs is 1. The molecule has 4 aromatic rings. The Labute approximate surface area is 161 Å². The van der Waals surface area contributed by atoms with Crippen molar-refractivity contribution in [2.75, 3.05) is 12.8 Å². The standard InChI is InChI=1S/C22H16N4O2/c1-28-22(27)21-20(24)17(11-23)13-26(21)18-8-6-14(7-9-18)16-10-15-4-2-3-5-19(15)25-12-16/h2-10,12-13H,24H2,1H3. The molecule has 0 spiro atoms. The largest absolute Gasteiger partial charge is 0.464 e. The highest BCUT2D eigenvalue weighted by molar-refractivity contribution is 5.96. The first-order chi connectivity index (χ1) is 13.6. The van der Waals surface area contributed by atoms with E-state index in [4.69, 9.17) is 10.5 Å². The number of benzene rings is 2. The monoisotopic (exact) mass is 368 g/mol. The van der Waals surface area contributed by atoms with E-state index in [1.54, 1.807) is 4.57 Å². The van der Waals surface area contributed by atoms with Gasteiger partial charge in [-0.1, -0.05) is 30.3 Å². The van der Waals surface area contributed by atoms with Crippen molar-refractivity contribution < 1.29 is 9.53 Å². The Morgan fingerprint density at radius 1 is 1.14 bits per heavy atom. The molecule has 2 heterocycles. The van der Waals surface area contributed by atoms with Crippen molar-refractivity contribution in [3.05, 3.63) is 78.2 Å². The summed E-state index contributed by atoms with van der Waals surface area (Å²) in [5, 5.41) is 10.3. The molecule has 0 amide bonds. The number of hydrogen-bond acceptors (Lipinski definition) is 5. The predicted octanol–water partition coefficient (Wildman–Crippen LogP) is 3.93. The molecule has 2 aromatic heterocycles. The molecule has 4 rings (SSSR count). The molecule has 0 unspecified atom stereocenters. The number of carbonyl (C=O) groups excluding carboxylic acids is 1. The van der Waals surface area contributed by atoms with Gasteiger partial charge in [0.15, 0.2) is 5.69 Å². The second-order valence-corrected chi connectivity index (χ2v) is 6.24. The fraction of sp³-hybridized carbons (Fsp3) is 0.0455. The highest BCUT2D eigenvalue weighted by atomic mass is 16.5. The van der Waals surface area contributed by atoms with Gasteiger partial charge in [0.05, 0.1) is 23.9 Å². The number of methoxy groups -OCH3 is 1. The molecular weight excluding hydrogens is 352 g/mol. The fourth-order valence-electron chi connectivity index (χ4n) is 3.16. The Bertz CT molecular complexity index is 1230. The summed E-state index contributed by atoms with van der Waals surface area (Å²) in [7, 11) is 1.28. The van der Waals surface area contributed by atoms with E-state index in [1.807, 2.05) is 60.8 Å².